The van der Waals surface area contributed by atoms with Gasteiger partial charge in [0, 0.05) is 11.5 Å². The van der Waals surface area contributed by atoms with E-state index in [4.69, 9.17) is 0 Å². The standard InChI is InChI=1S/C14H10F4O/c15-13(14(16,17)18)7-6-11(8-12(13)9-19)10-4-2-1-3-5-10/h1-9,11H. The van der Waals surface area contributed by atoms with Crippen LogP contribution in [0.4, 0.5) is 17.6 Å². The Morgan fingerprint density at radius 1 is 1.16 bits per heavy atom. The van der Waals surface area contributed by atoms with E-state index in [2.05, 4.69) is 0 Å². The van der Waals surface area contributed by atoms with Crippen molar-refractivity contribution in [3.63, 3.8) is 0 Å². The van der Waals surface area contributed by atoms with E-state index in [0.29, 0.717) is 11.6 Å². The summed E-state index contributed by atoms with van der Waals surface area (Å²) in [6, 6.07) is 8.60. The van der Waals surface area contributed by atoms with Gasteiger partial charge in [0.25, 0.3) is 5.67 Å². The van der Waals surface area contributed by atoms with Crippen LogP contribution in [0.5, 0.6) is 0 Å². The number of benzene rings is 1. The van der Waals surface area contributed by atoms with Crippen LogP contribution in [0.1, 0.15) is 11.5 Å². The van der Waals surface area contributed by atoms with E-state index < -0.39 is 23.3 Å². The fourth-order valence-corrected chi connectivity index (χ4v) is 1.97. The molecule has 0 saturated carbocycles. The van der Waals surface area contributed by atoms with Crippen LogP contribution in [0.25, 0.3) is 0 Å². The summed E-state index contributed by atoms with van der Waals surface area (Å²) in [5.41, 5.74) is -3.90. The molecule has 0 spiro atoms. The van der Waals surface area contributed by atoms with Crippen LogP contribution >= 0.6 is 0 Å². The number of alkyl halides is 4. The third-order valence-electron chi connectivity index (χ3n) is 3.04. The van der Waals surface area contributed by atoms with E-state index >= 15 is 0 Å². The second kappa shape index (κ2) is 4.64. The molecule has 2 rings (SSSR count). The summed E-state index contributed by atoms with van der Waals surface area (Å²) in [6.07, 6.45) is -2.68. The minimum atomic E-state index is -5.14. The predicted octanol–water partition coefficient (Wildman–Crippen LogP) is 3.74. The maximum atomic E-state index is 13.9. The van der Waals surface area contributed by atoms with Gasteiger partial charge in [-0.1, -0.05) is 42.5 Å². The molecule has 1 aliphatic rings. The summed E-state index contributed by atoms with van der Waals surface area (Å²) < 4.78 is 51.9. The van der Waals surface area contributed by atoms with Crippen molar-refractivity contribution < 1.29 is 22.4 Å². The molecule has 5 heteroatoms. The summed E-state index contributed by atoms with van der Waals surface area (Å²) in [5.74, 6) is -0.535. The Labute approximate surface area is 107 Å². The zero-order valence-corrected chi connectivity index (χ0v) is 9.69. The molecule has 0 N–H and O–H groups in total. The van der Waals surface area contributed by atoms with Gasteiger partial charge < -0.3 is 0 Å². The van der Waals surface area contributed by atoms with E-state index in [-0.39, 0.29) is 6.29 Å². The van der Waals surface area contributed by atoms with Crippen LogP contribution in [0.3, 0.4) is 0 Å². The highest BCUT2D eigenvalue weighted by Gasteiger charge is 2.57. The summed E-state index contributed by atoms with van der Waals surface area (Å²) in [6.45, 7) is 0. The molecule has 1 aromatic carbocycles. The van der Waals surface area contributed by atoms with Crippen LogP contribution in [-0.2, 0) is 4.79 Å². The van der Waals surface area contributed by atoms with Crippen LogP contribution in [-0.4, -0.2) is 18.1 Å². The number of hydrogen-bond acceptors (Lipinski definition) is 1. The quantitative estimate of drug-likeness (QED) is 0.454. The highest BCUT2D eigenvalue weighted by atomic mass is 19.4. The minimum absolute atomic E-state index is 0.0765. The Bertz CT molecular complexity index is 530. The van der Waals surface area contributed by atoms with E-state index in [1.165, 1.54) is 0 Å². The number of aldehydes is 1. The third-order valence-corrected chi connectivity index (χ3v) is 3.04. The van der Waals surface area contributed by atoms with Gasteiger partial charge in [0.2, 0.25) is 0 Å². The van der Waals surface area contributed by atoms with Gasteiger partial charge in [0.05, 0.1) is 0 Å². The van der Waals surface area contributed by atoms with Crippen molar-refractivity contribution in [3.8, 4) is 0 Å². The minimum Gasteiger partial charge on any atom is -0.298 e. The maximum Gasteiger partial charge on any atom is 0.430 e. The Hall–Kier alpha value is -1.91. The first-order valence-electron chi connectivity index (χ1n) is 5.56. The molecule has 0 heterocycles. The van der Waals surface area contributed by atoms with E-state index in [9.17, 15) is 22.4 Å². The molecular weight excluding hydrogens is 260 g/mol. The molecule has 1 aromatic rings. The Kier molecular flexibility index (Phi) is 3.30. The number of carbonyl (C=O) groups excluding carboxylic acids is 1. The van der Waals surface area contributed by atoms with Crippen molar-refractivity contribution in [2.24, 2.45) is 0 Å². The van der Waals surface area contributed by atoms with Gasteiger partial charge in [0.1, 0.15) is 6.29 Å². The highest BCUT2D eigenvalue weighted by Crippen LogP contribution is 2.44. The Balaban J connectivity index is 2.41. The van der Waals surface area contributed by atoms with E-state index in [1.807, 2.05) is 0 Å². The zero-order valence-electron chi connectivity index (χ0n) is 9.69. The lowest BCUT2D eigenvalue weighted by Gasteiger charge is -2.29. The van der Waals surface area contributed by atoms with Crippen molar-refractivity contribution in [2.75, 3.05) is 0 Å². The Morgan fingerprint density at radius 2 is 1.79 bits per heavy atom. The maximum absolute atomic E-state index is 13.9. The van der Waals surface area contributed by atoms with Crippen molar-refractivity contribution >= 4 is 6.29 Å². The molecule has 0 bridgehead atoms. The van der Waals surface area contributed by atoms with Gasteiger partial charge in [0.15, 0.2) is 0 Å². The lowest BCUT2D eigenvalue weighted by molar-refractivity contribution is -0.199. The van der Waals surface area contributed by atoms with Crippen LogP contribution < -0.4 is 0 Å². The second-order valence-corrected chi connectivity index (χ2v) is 4.24. The van der Waals surface area contributed by atoms with Gasteiger partial charge in [-0.15, -0.1) is 0 Å². The van der Waals surface area contributed by atoms with Gasteiger partial charge in [-0.2, -0.15) is 13.2 Å². The van der Waals surface area contributed by atoms with Gasteiger partial charge in [-0.3, -0.25) is 4.79 Å². The number of allylic oxidation sites excluding steroid dienone is 4. The Morgan fingerprint density at radius 3 is 2.32 bits per heavy atom. The lowest BCUT2D eigenvalue weighted by Crippen LogP contribution is -2.42. The second-order valence-electron chi connectivity index (χ2n) is 4.24. The van der Waals surface area contributed by atoms with Crippen LogP contribution in [0.15, 0.2) is 54.1 Å². The zero-order chi connectivity index (χ0) is 14.1. The largest absolute Gasteiger partial charge is 0.430 e. The molecule has 0 radical (unpaired) electrons. The number of carbonyl (C=O) groups is 1. The van der Waals surface area contributed by atoms with E-state index in [1.54, 1.807) is 30.3 Å². The highest BCUT2D eigenvalue weighted by molar-refractivity contribution is 5.79. The number of halogens is 4. The SMILES string of the molecule is O=CC1=CC(c2ccccc2)C=CC1(F)C(F)(F)F. The topological polar surface area (TPSA) is 17.1 Å². The van der Waals surface area contributed by atoms with Crippen LogP contribution in [0, 0.1) is 0 Å². The smallest absolute Gasteiger partial charge is 0.298 e. The molecule has 0 aromatic heterocycles. The van der Waals surface area contributed by atoms with Gasteiger partial charge in [-0.05, 0) is 11.6 Å². The van der Waals surface area contributed by atoms with E-state index in [0.717, 1.165) is 12.2 Å². The normalized spacial score (nSPS) is 26.9. The molecule has 1 nitrogen and oxygen atoms in total. The van der Waals surface area contributed by atoms with Crippen molar-refractivity contribution in [1.82, 2.24) is 0 Å². The van der Waals surface area contributed by atoms with Crippen molar-refractivity contribution in [2.45, 2.75) is 17.8 Å². The third kappa shape index (κ3) is 2.32. The molecule has 1 aliphatic carbocycles. The first-order valence-corrected chi connectivity index (χ1v) is 5.56. The monoisotopic (exact) mass is 270 g/mol. The molecule has 2 unspecified atom stereocenters. The summed E-state index contributed by atoms with van der Waals surface area (Å²) in [4.78, 5) is 10.8. The fraction of sp³-hybridized carbons (Fsp3) is 0.214. The first-order chi connectivity index (χ1) is 8.88. The summed E-state index contributed by atoms with van der Waals surface area (Å²) in [7, 11) is 0. The van der Waals surface area contributed by atoms with Crippen molar-refractivity contribution in [3.05, 3.63) is 59.7 Å². The lowest BCUT2D eigenvalue weighted by atomic mass is 9.83. The van der Waals surface area contributed by atoms with Gasteiger partial charge >= 0.3 is 6.18 Å². The molecule has 0 amide bonds. The average molecular weight is 270 g/mol. The molecule has 0 aliphatic heterocycles. The molecule has 100 valence electrons. The molecule has 0 saturated heterocycles. The predicted molar refractivity (Wildman–Crippen MR) is 62.4 cm³/mol. The number of hydrogen-bond donors (Lipinski definition) is 0. The molecule has 19 heavy (non-hydrogen) atoms. The average Bonchev–Trinajstić information content (AvgIpc) is 2.39. The first kappa shape index (κ1) is 13.5. The van der Waals surface area contributed by atoms with Crippen molar-refractivity contribution in [1.29, 1.82) is 0 Å². The molecule has 2 atom stereocenters. The van der Waals surface area contributed by atoms with Crippen LogP contribution in [0.2, 0.25) is 0 Å². The fourth-order valence-electron chi connectivity index (χ4n) is 1.97. The molecule has 0 fully saturated rings. The summed E-state index contributed by atoms with van der Waals surface area (Å²) >= 11 is 0. The number of rotatable bonds is 2. The summed E-state index contributed by atoms with van der Waals surface area (Å²) in [5, 5.41) is 0. The molecular formula is C14H10F4O. The van der Waals surface area contributed by atoms with Gasteiger partial charge in [-0.25, -0.2) is 4.39 Å².